The number of carbonyl (C=O) groups is 1. The molecule has 0 saturated carbocycles. The Morgan fingerprint density at radius 2 is 1.35 bits per heavy atom. The Kier molecular flexibility index (Phi) is 5.98. The Bertz CT molecular complexity index is 1010. The highest BCUT2D eigenvalue weighted by molar-refractivity contribution is 6.05. The van der Waals surface area contributed by atoms with Gasteiger partial charge in [0.2, 0.25) is 0 Å². The van der Waals surface area contributed by atoms with Crippen molar-refractivity contribution in [2.45, 2.75) is 12.1 Å². The summed E-state index contributed by atoms with van der Waals surface area (Å²) < 4.78 is 16.6. The van der Waals surface area contributed by atoms with Gasteiger partial charge in [-0.3, -0.25) is 9.69 Å². The molecule has 4 rings (SSSR count). The zero-order valence-electron chi connectivity index (χ0n) is 17.9. The molecule has 3 aromatic carbocycles. The molecular weight excluding hydrogens is 392 g/mol. The highest BCUT2D eigenvalue weighted by Gasteiger charge is 2.50. The molecule has 6 nitrogen and oxygen atoms in total. The fourth-order valence-electron chi connectivity index (χ4n) is 3.76. The molecule has 1 aliphatic heterocycles. The van der Waals surface area contributed by atoms with Crippen LogP contribution in [0.1, 0.15) is 0 Å². The minimum atomic E-state index is -0.568. The first-order valence-corrected chi connectivity index (χ1v) is 10.1. The molecule has 1 heterocycles. The quantitative estimate of drug-likeness (QED) is 0.518. The van der Waals surface area contributed by atoms with E-state index in [9.17, 15) is 4.79 Å². The normalized spacial score (nSPS) is 17.6. The van der Waals surface area contributed by atoms with Gasteiger partial charge in [-0.1, -0.05) is 18.2 Å². The van der Waals surface area contributed by atoms with E-state index in [0.29, 0.717) is 12.3 Å². The molecular formula is C25H26N2O4. The highest BCUT2D eigenvalue weighted by Crippen LogP contribution is 2.33. The Labute approximate surface area is 182 Å². The van der Waals surface area contributed by atoms with Crippen molar-refractivity contribution in [3.8, 4) is 17.2 Å². The molecule has 31 heavy (non-hydrogen) atoms. The van der Waals surface area contributed by atoms with E-state index in [2.05, 4.69) is 17.0 Å². The Hall–Kier alpha value is -3.67. The number of nitrogens with zero attached hydrogens (tertiary/aromatic N) is 2. The van der Waals surface area contributed by atoms with Gasteiger partial charge in [0, 0.05) is 25.0 Å². The van der Waals surface area contributed by atoms with E-state index in [4.69, 9.17) is 14.2 Å². The lowest BCUT2D eigenvalue weighted by Crippen LogP contribution is -2.70. The summed E-state index contributed by atoms with van der Waals surface area (Å²) in [4.78, 5) is 17.0. The van der Waals surface area contributed by atoms with Gasteiger partial charge < -0.3 is 19.1 Å². The summed E-state index contributed by atoms with van der Waals surface area (Å²) in [5.74, 6) is 2.07. The molecule has 3 aromatic rings. The maximum absolute atomic E-state index is 13.1. The second-order valence-corrected chi connectivity index (χ2v) is 7.40. The fraction of sp³-hybridized carbons (Fsp3) is 0.240. The Morgan fingerprint density at radius 3 is 1.94 bits per heavy atom. The minimum absolute atomic E-state index is 0.0625. The fourth-order valence-corrected chi connectivity index (χ4v) is 3.76. The van der Waals surface area contributed by atoms with Crippen LogP contribution >= 0.6 is 0 Å². The van der Waals surface area contributed by atoms with E-state index in [1.165, 1.54) is 0 Å². The van der Waals surface area contributed by atoms with E-state index in [1.807, 2.05) is 73.8 Å². The van der Waals surface area contributed by atoms with Crippen LogP contribution in [-0.2, 0) is 4.79 Å². The standard InChI is InChI=1S/C25H26N2O4/c1-26(18-7-5-4-6-8-18)17-23-24(31-22-15-13-21(30-3)14-16-22)25(28)27(23)19-9-11-20(29-2)12-10-19/h4-16,23-24H,17H2,1-3H3/t23-,24+/m1/s1. The number of anilines is 2. The number of likely N-dealkylation sites (N-methyl/N-ethyl adjacent to an activating group) is 1. The lowest BCUT2D eigenvalue weighted by atomic mass is 9.95. The third kappa shape index (κ3) is 4.28. The van der Waals surface area contributed by atoms with Crippen molar-refractivity contribution in [3.05, 3.63) is 78.9 Å². The largest absolute Gasteiger partial charge is 0.497 e. The van der Waals surface area contributed by atoms with Crippen molar-refractivity contribution in [3.63, 3.8) is 0 Å². The van der Waals surface area contributed by atoms with Gasteiger partial charge in [0.1, 0.15) is 23.3 Å². The average molecular weight is 418 g/mol. The van der Waals surface area contributed by atoms with Crippen LogP contribution in [0.15, 0.2) is 78.9 Å². The summed E-state index contributed by atoms with van der Waals surface area (Å²) in [6.45, 7) is 0.628. The summed E-state index contributed by atoms with van der Waals surface area (Å²) in [6.07, 6.45) is -0.568. The van der Waals surface area contributed by atoms with Crippen molar-refractivity contribution >= 4 is 17.3 Å². The van der Waals surface area contributed by atoms with Crippen molar-refractivity contribution in [1.29, 1.82) is 0 Å². The molecule has 6 heteroatoms. The number of para-hydroxylation sites is 1. The number of benzene rings is 3. The predicted octanol–water partition coefficient (Wildman–Crippen LogP) is 4.00. The summed E-state index contributed by atoms with van der Waals surface area (Å²) in [7, 11) is 5.27. The molecule has 0 aromatic heterocycles. The van der Waals surface area contributed by atoms with E-state index >= 15 is 0 Å². The van der Waals surface area contributed by atoms with E-state index < -0.39 is 6.10 Å². The van der Waals surface area contributed by atoms with E-state index in [-0.39, 0.29) is 11.9 Å². The maximum Gasteiger partial charge on any atom is 0.270 e. The van der Waals surface area contributed by atoms with Gasteiger partial charge in [0.05, 0.1) is 14.2 Å². The van der Waals surface area contributed by atoms with Crippen LogP contribution < -0.4 is 24.0 Å². The van der Waals surface area contributed by atoms with Crippen molar-refractivity contribution in [1.82, 2.24) is 0 Å². The van der Waals surface area contributed by atoms with Gasteiger partial charge in [-0.05, 0) is 60.7 Å². The number of methoxy groups -OCH3 is 2. The van der Waals surface area contributed by atoms with Crippen LogP contribution in [0, 0.1) is 0 Å². The molecule has 1 aliphatic rings. The Balaban J connectivity index is 1.57. The minimum Gasteiger partial charge on any atom is -0.497 e. The third-order valence-corrected chi connectivity index (χ3v) is 5.49. The van der Waals surface area contributed by atoms with Gasteiger partial charge in [0.25, 0.3) is 5.91 Å². The van der Waals surface area contributed by atoms with Gasteiger partial charge >= 0.3 is 0 Å². The topological polar surface area (TPSA) is 51.2 Å². The van der Waals surface area contributed by atoms with Gasteiger partial charge in [-0.2, -0.15) is 0 Å². The number of amides is 1. The van der Waals surface area contributed by atoms with E-state index in [1.54, 1.807) is 19.1 Å². The molecule has 0 unspecified atom stereocenters. The molecule has 160 valence electrons. The maximum atomic E-state index is 13.1. The second kappa shape index (κ2) is 9.00. The molecule has 0 spiro atoms. The predicted molar refractivity (Wildman–Crippen MR) is 121 cm³/mol. The van der Waals surface area contributed by atoms with Gasteiger partial charge in [-0.25, -0.2) is 0 Å². The number of hydrogen-bond acceptors (Lipinski definition) is 5. The SMILES string of the molecule is COc1ccc(O[C@@H]2C(=O)N(c3ccc(OC)cc3)[C@@H]2CN(C)c2ccccc2)cc1. The van der Waals surface area contributed by atoms with Crippen molar-refractivity contribution < 1.29 is 19.0 Å². The third-order valence-electron chi connectivity index (χ3n) is 5.49. The number of β-lactam (4-membered cyclic amide) rings is 1. The number of hydrogen-bond donors (Lipinski definition) is 0. The van der Waals surface area contributed by atoms with Crippen LogP contribution in [0.3, 0.4) is 0 Å². The molecule has 0 aliphatic carbocycles. The zero-order valence-corrected chi connectivity index (χ0v) is 17.9. The van der Waals surface area contributed by atoms with Crippen LogP contribution in [0.4, 0.5) is 11.4 Å². The monoisotopic (exact) mass is 418 g/mol. The molecule has 0 bridgehead atoms. The van der Waals surface area contributed by atoms with Crippen LogP contribution in [-0.4, -0.2) is 45.9 Å². The first-order chi connectivity index (χ1) is 15.1. The second-order valence-electron chi connectivity index (χ2n) is 7.40. The molecule has 1 amide bonds. The van der Waals surface area contributed by atoms with Crippen LogP contribution in [0.2, 0.25) is 0 Å². The van der Waals surface area contributed by atoms with Crippen molar-refractivity contribution in [2.24, 2.45) is 0 Å². The smallest absolute Gasteiger partial charge is 0.270 e. The summed E-state index contributed by atoms with van der Waals surface area (Å²) in [5, 5.41) is 0. The summed E-state index contributed by atoms with van der Waals surface area (Å²) in [5.41, 5.74) is 1.91. The highest BCUT2D eigenvalue weighted by atomic mass is 16.5. The van der Waals surface area contributed by atoms with E-state index in [0.717, 1.165) is 22.9 Å². The number of carbonyl (C=O) groups excluding carboxylic acids is 1. The van der Waals surface area contributed by atoms with Gasteiger partial charge in [0.15, 0.2) is 6.10 Å². The molecule has 1 saturated heterocycles. The summed E-state index contributed by atoms with van der Waals surface area (Å²) in [6, 6.07) is 24.8. The average Bonchev–Trinajstić information content (AvgIpc) is 2.83. The van der Waals surface area contributed by atoms with Crippen LogP contribution in [0.5, 0.6) is 17.2 Å². The Morgan fingerprint density at radius 1 is 0.806 bits per heavy atom. The first-order valence-electron chi connectivity index (χ1n) is 10.1. The van der Waals surface area contributed by atoms with Crippen LogP contribution in [0.25, 0.3) is 0 Å². The first kappa shape index (κ1) is 20.6. The van der Waals surface area contributed by atoms with Crippen molar-refractivity contribution in [2.75, 3.05) is 37.6 Å². The summed E-state index contributed by atoms with van der Waals surface area (Å²) >= 11 is 0. The zero-order chi connectivity index (χ0) is 21.8. The number of rotatable bonds is 8. The lowest BCUT2D eigenvalue weighted by Gasteiger charge is -2.48. The molecule has 0 radical (unpaired) electrons. The lowest BCUT2D eigenvalue weighted by molar-refractivity contribution is -0.134. The molecule has 0 N–H and O–H groups in total. The van der Waals surface area contributed by atoms with Gasteiger partial charge in [-0.15, -0.1) is 0 Å². The number of ether oxygens (including phenoxy) is 3. The molecule has 2 atom stereocenters. The molecule has 1 fully saturated rings.